The Morgan fingerprint density at radius 3 is 2.67 bits per heavy atom. The fourth-order valence-corrected chi connectivity index (χ4v) is 3.49. The molecule has 1 aromatic rings. The minimum Gasteiger partial charge on any atom is -0.475 e. The van der Waals surface area contributed by atoms with Crippen LogP contribution in [0.4, 0.5) is 13.2 Å². The van der Waals surface area contributed by atoms with Gasteiger partial charge in [-0.25, -0.2) is 4.79 Å². The number of amides is 1. The maximum atomic E-state index is 12.1. The van der Waals surface area contributed by atoms with Crippen LogP contribution < -0.4 is 5.32 Å². The third-order valence-electron chi connectivity index (χ3n) is 4.89. The first-order valence-corrected chi connectivity index (χ1v) is 9.58. The Hall–Kier alpha value is -2.24. The number of methoxy groups -OCH3 is 1. The zero-order valence-electron chi connectivity index (χ0n) is 16.6. The van der Waals surface area contributed by atoms with Crippen LogP contribution in [0.2, 0.25) is 0 Å². The van der Waals surface area contributed by atoms with E-state index in [2.05, 4.69) is 21.3 Å². The zero-order valence-corrected chi connectivity index (χ0v) is 16.6. The highest BCUT2D eigenvalue weighted by Crippen LogP contribution is 2.32. The largest absolute Gasteiger partial charge is 0.490 e. The smallest absolute Gasteiger partial charge is 0.475 e. The van der Waals surface area contributed by atoms with Crippen molar-refractivity contribution in [3.63, 3.8) is 0 Å². The molecule has 8 nitrogen and oxygen atoms in total. The van der Waals surface area contributed by atoms with Gasteiger partial charge in [0.2, 0.25) is 5.91 Å². The molecule has 0 saturated carbocycles. The summed E-state index contributed by atoms with van der Waals surface area (Å²) < 4.78 is 42.7. The zero-order chi connectivity index (χ0) is 22.1. The fraction of sp³-hybridized carbons (Fsp3) is 0.632. The molecule has 0 aromatic carbocycles. The van der Waals surface area contributed by atoms with Gasteiger partial charge < -0.3 is 19.9 Å². The molecule has 1 amide bonds. The van der Waals surface area contributed by atoms with E-state index in [0.29, 0.717) is 19.2 Å². The second-order valence-electron chi connectivity index (χ2n) is 6.97. The number of ether oxygens (including phenoxy) is 2. The van der Waals surface area contributed by atoms with Gasteiger partial charge in [-0.3, -0.25) is 14.7 Å². The topological polar surface area (TPSA) is 101 Å². The normalized spacial score (nSPS) is 23.8. The Bertz CT molecular complexity index is 690. The number of fused-ring (bicyclic) bond motifs is 1. The number of rotatable bonds is 6. The van der Waals surface area contributed by atoms with Crippen LogP contribution in [0.15, 0.2) is 24.4 Å². The predicted molar refractivity (Wildman–Crippen MR) is 99.5 cm³/mol. The summed E-state index contributed by atoms with van der Waals surface area (Å²) in [5, 5.41) is 10.00. The van der Waals surface area contributed by atoms with Crippen LogP contribution in [0, 0.1) is 0 Å². The Labute approximate surface area is 172 Å². The summed E-state index contributed by atoms with van der Waals surface area (Å²) in [6, 6.07) is 6.42. The number of carbonyl (C=O) groups excluding carboxylic acids is 1. The average molecular weight is 433 g/mol. The number of alkyl halides is 3. The lowest BCUT2D eigenvalue weighted by Gasteiger charge is -2.35. The lowest BCUT2D eigenvalue weighted by Crippen LogP contribution is -2.48. The fourth-order valence-electron chi connectivity index (χ4n) is 3.49. The van der Waals surface area contributed by atoms with E-state index < -0.39 is 12.1 Å². The second kappa shape index (κ2) is 11.2. The summed E-state index contributed by atoms with van der Waals surface area (Å²) in [7, 11) is 1.63. The molecular formula is C19H26F3N3O5. The van der Waals surface area contributed by atoms with Gasteiger partial charge in [-0.1, -0.05) is 6.07 Å². The SMILES string of the molecule is COCCNC(=O)[C@@H]1CC[C@@H]2[C@@H](CCN2Cc2ccccn2)O1.O=C(O)C(F)(F)F. The van der Waals surface area contributed by atoms with Gasteiger partial charge in [0.05, 0.1) is 18.4 Å². The number of carboxylic acids is 1. The molecule has 1 aromatic heterocycles. The minimum absolute atomic E-state index is 0.0105. The predicted octanol–water partition coefficient (Wildman–Crippen LogP) is 1.60. The molecule has 0 radical (unpaired) electrons. The Kier molecular flexibility index (Phi) is 9.00. The van der Waals surface area contributed by atoms with Gasteiger partial charge in [0.1, 0.15) is 6.10 Å². The first-order valence-electron chi connectivity index (χ1n) is 9.58. The molecule has 2 N–H and O–H groups in total. The summed E-state index contributed by atoms with van der Waals surface area (Å²) in [4.78, 5) is 27.9. The number of nitrogens with one attached hydrogen (secondary N) is 1. The molecule has 0 bridgehead atoms. The highest BCUT2D eigenvalue weighted by atomic mass is 19.4. The van der Waals surface area contributed by atoms with E-state index in [9.17, 15) is 18.0 Å². The van der Waals surface area contributed by atoms with Gasteiger partial charge in [0.15, 0.2) is 0 Å². The van der Waals surface area contributed by atoms with Crippen molar-refractivity contribution in [3.05, 3.63) is 30.1 Å². The Morgan fingerprint density at radius 2 is 2.07 bits per heavy atom. The van der Waals surface area contributed by atoms with Gasteiger partial charge in [-0.2, -0.15) is 13.2 Å². The van der Waals surface area contributed by atoms with E-state index in [-0.39, 0.29) is 18.1 Å². The van der Waals surface area contributed by atoms with Gasteiger partial charge in [0.25, 0.3) is 0 Å². The standard InChI is InChI=1S/C17H25N3O3.C2HF3O2/c1-22-11-9-19-17(21)16-6-5-14-15(23-16)7-10-20(14)12-13-4-2-3-8-18-13;3-2(4,5)1(6)7/h2-4,8,14-16H,5-7,9-12H2,1H3,(H,19,21);(H,6,7)/t14-,15-,16+;/m1./s1. The third-order valence-corrected chi connectivity index (χ3v) is 4.89. The Balaban J connectivity index is 0.000000396. The van der Waals surface area contributed by atoms with Gasteiger partial charge in [-0.05, 0) is 31.4 Å². The third kappa shape index (κ3) is 7.22. The van der Waals surface area contributed by atoms with Crippen molar-refractivity contribution in [2.75, 3.05) is 26.8 Å². The number of likely N-dealkylation sites (tertiary alicyclic amines) is 1. The maximum absolute atomic E-state index is 12.1. The average Bonchev–Trinajstić information content (AvgIpc) is 3.10. The van der Waals surface area contributed by atoms with Crippen LogP contribution in [0.3, 0.4) is 0 Å². The van der Waals surface area contributed by atoms with Crippen molar-refractivity contribution in [2.24, 2.45) is 0 Å². The molecule has 0 unspecified atom stereocenters. The molecule has 3 heterocycles. The van der Waals surface area contributed by atoms with Crippen molar-refractivity contribution in [1.29, 1.82) is 0 Å². The van der Waals surface area contributed by atoms with E-state index in [1.54, 1.807) is 7.11 Å². The van der Waals surface area contributed by atoms with Crippen LogP contribution >= 0.6 is 0 Å². The van der Waals surface area contributed by atoms with E-state index in [0.717, 1.165) is 38.0 Å². The number of aromatic nitrogens is 1. The number of hydrogen-bond donors (Lipinski definition) is 2. The summed E-state index contributed by atoms with van der Waals surface area (Å²) in [5.41, 5.74) is 1.09. The number of carboxylic acid groups (broad SMARTS) is 1. The number of hydrogen-bond acceptors (Lipinski definition) is 6. The van der Waals surface area contributed by atoms with Crippen LogP contribution in [0.25, 0.3) is 0 Å². The van der Waals surface area contributed by atoms with Crippen molar-refractivity contribution in [2.45, 2.75) is 50.2 Å². The molecule has 30 heavy (non-hydrogen) atoms. The van der Waals surface area contributed by atoms with Gasteiger partial charge >= 0.3 is 12.1 Å². The molecule has 3 atom stereocenters. The first-order chi connectivity index (χ1) is 14.2. The molecule has 168 valence electrons. The van der Waals surface area contributed by atoms with Gasteiger partial charge in [0, 0.05) is 39.0 Å². The molecule has 2 saturated heterocycles. The van der Waals surface area contributed by atoms with Crippen molar-refractivity contribution in [3.8, 4) is 0 Å². The van der Waals surface area contributed by atoms with E-state index in [1.165, 1.54) is 0 Å². The van der Waals surface area contributed by atoms with Crippen molar-refractivity contribution >= 4 is 11.9 Å². The number of halogens is 3. The van der Waals surface area contributed by atoms with Crippen LogP contribution in [-0.2, 0) is 25.6 Å². The van der Waals surface area contributed by atoms with Crippen molar-refractivity contribution in [1.82, 2.24) is 15.2 Å². The molecule has 2 fully saturated rings. The molecule has 2 aliphatic rings. The summed E-state index contributed by atoms with van der Waals surface area (Å²) in [6.07, 6.45) is -0.646. The number of aliphatic carboxylic acids is 1. The minimum atomic E-state index is -5.08. The summed E-state index contributed by atoms with van der Waals surface area (Å²) in [5.74, 6) is -2.77. The second-order valence-corrected chi connectivity index (χ2v) is 6.97. The molecule has 2 aliphatic heterocycles. The lowest BCUT2D eigenvalue weighted by molar-refractivity contribution is -0.192. The lowest BCUT2D eigenvalue weighted by atomic mass is 9.98. The number of nitrogens with zero attached hydrogens (tertiary/aromatic N) is 2. The monoisotopic (exact) mass is 433 g/mol. The molecule has 0 aliphatic carbocycles. The molecule has 0 spiro atoms. The van der Waals surface area contributed by atoms with E-state index in [1.807, 2.05) is 18.3 Å². The highest BCUT2D eigenvalue weighted by molar-refractivity contribution is 5.80. The van der Waals surface area contributed by atoms with Gasteiger partial charge in [-0.15, -0.1) is 0 Å². The Morgan fingerprint density at radius 1 is 1.33 bits per heavy atom. The van der Waals surface area contributed by atoms with Crippen LogP contribution in [0.1, 0.15) is 25.0 Å². The molecule has 11 heteroatoms. The highest BCUT2D eigenvalue weighted by Gasteiger charge is 2.41. The number of pyridine rings is 1. The molecular weight excluding hydrogens is 407 g/mol. The number of carbonyl (C=O) groups is 2. The molecule has 3 rings (SSSR count). The summed E-state index contributed by atoms with van der Waals surface area (Å²) in [6.45, 7) is 2.93. The quantitative estimate of drug-likeness (QED) is 0.657. The van der Waals surface area contributed by atoms with Crippen LogP contribution in [-0.4, -0.2) is 78.1 Å². The summed E-state index contributed by atoms with van der Waals surface area (Å²) >= 11 is 0. The van der Waals surface area contributed by atoms with Crippen LogP contribution in [0.5, 0.6) is 0 Å². The first kappa shape index (κ1) is 24.0. The van der Waals surface area contributed by atoms with E-state index in [4.69, 9.17) is 19.4 Å². The van der Waals surface area contributed by atoms with Crippen molar-refractivity contribution < 1.29 is 37.3 Å². The van der Waals surface area contributed by atoms with E-state index >= 15 is 0 Å². The maximum Gasteiger partial charge on any atom is 0.490 e.